The first kappa shape index (κ1) is 31.3. The number of nitrogens with one attached hydrogen (secondary N) is 1. The van der Waals surface area contributed by atoms with Gasteiger partial charge >= 0.3 is 0 Å². The van der Waals surface area contributed by atoms with E-state index in [1.165, 1.54) is 16.9 Å². The van der Waals surface area contributed by atoms with Gasteiger partial charge in [0.1, 0.15) is 11.3 Å². The first-order chi connectivity index (χ1) is 24.4. The van der Waals surface area contributed by atoms with Crippen LogP contribution in [0, 0.1) is 0 Å². The van der Waals surface area contributed by atoms with Crippen LogP contribution in [0.4, 0.5) is 5.82 Å². The summed E-state index contributed by atoms with van der Waals surface area (Å²) in [7, 11) is 0. The summed E-state index contributed by atoms with van der Waals surface area (Å²) in [6.45, 7) is 2.53. The van der Waals surface area contributed by atoms with E-state index in [1.807, 2.05) is 60.7 Å². The number of nitrogens with two attached hydrogens (primary N) is 2. The van der Waals surface area contributed by atoms with Gasteiger partial charge in [0.05, 0.1) is 21.5 Å². The first-order valence-electron chi connectivity index (χ1n) is 16.4. The fourth-order valence-corrected chi connectivity index (χ4v) is 7.24. The molecule has 4 aromatic heterocycles. The van der Waals surface area contributed by atoms with Gasteiger partial charge < -0.3 is 16.8 Å². The van der Waals surface area contributed by atoms with E-state index in [0.717, 1.165) is 70.8 Å². The molecule has 5 heterocycles. The molecule has 11 nitrogen and oxygen atoms in total. The number of benzene rings is 3. The molecule has 8 rings (SSSR count). The first-order valence-corrected chi connectivity index (χ1v) is 17.2. The van der Waals surface area contributed by atoms with E-state index in [0.29, 0.717) is 22.7 Å². The Bertz CT molecular complexity index is 2360. The number of piperidine rings is 1. The number of anilines is 1. The molecular formula is C38H33N9O2S. The molecule has 5 N–H and O–H groups in total. The number of imidazole rings is 1. The Morgan fingerprint density at radius 1 is 0.860 bits per heavy atom. The Balaban J connectivity index is 0.971. The highest BCUT2D eigenvalue weighted by atomic mass is 32.1. The van der Waals surface area contributed by atoms with Gasteiger partial charge in [-0.3, -0.25) is 19.1 Å². The second-order valence-electron chi connectivity index (χ2n) is 12.4. The van der Waals surface area contributed by atoms with Crippen molar-refractivity contribution in [3.05, 3.63) is 119 Å². The molecule has 1 saturated heterocycles. The van der Waals surface area contributed by atoms with Crippen LogP contribution in [0.15, 0.2) is 103 Å². The Morgan fingerprint density at radius 3 is 2.42 bits per heavy atom. The number of carbonyl (C=O) groups excluding carboxylic acids is 2. The van der Waals surface area contributed by atoms with E-state index in [9.17, 15) is 9.59 Å². The Labute approximate surface area is 291 Å². The highest BCUT2D eigenvalue weighted by molar-refractivity contribution is 7.20. The maximum Gasteiger partial charge on any atom is 0.277 e. The number of thiazole rings is 1. The third-order valence-corrected chi connectivity index (χ3v) is 10.1. The van der Waals surface area contributed by atoms with Gasteiger partial charge in [-0.1, -0.05) is 42.5 Å². The predicted octanol–water partition coefficient (Wildman–Crippen LogP) is 5.83. The quantitative estimate of drug-likeness (QED) is 0.181. The van der Waals surface area contributed by atoms with Crippen LogP contribution in [0.25, 0.3) is 49.7 Å². The monoisotopic (exact) mass is 679 g/mol. The Morgan fingerprint density at radius 2 is 1.66 bits per heavy atom. The van der Waals surface area contributed by atoms with Crippen LogP contribution >= 0.6 is 11.3 Å². The van der Waals surface area contributed by atoms with Gasteiger partial charge in [-0.25, -0.2) is 19.9 Å². The minimum Gasteiger partial charge on any atom is -0.383 e. The minimum absolute atomic E-state index is 0.0783. The number of carbonyl (C=O) groups is 2. The molecule has 0 radical (unpaired) electrons. The van der Waals surface area contributed by atoms with Gasteiger partial charge in [0.25, 0.3) is 11.8 Å². The molecule has 0 bridgehead atoms. The molecule has 0 spiro atoms. The minimum atomic E-state index is -0.567. The topological polar surface area (TPSA) is 158 Å². The predicted molar refractivity (Wildman–Crippen MR) is 196 cm³/mol. The molecule has 248 valence electrons. The zero-order valence-corrected chi connectivity index (χ0v) is 27.8. The number of hydrogen-bond acceptors (Lipinski definition) is 9. The molecule has 1 aliphatic rings. The van der Waals surface area contributed by atoms with Crippen molar-refractivity contribution in [3.8, 4) is 28.3 Å². The molecule has 1 aliphatic heterocycles. The average Bonchev–Trinajstić information content (AvgIpc) is 3.75. The largest absolute Gasteiger partial charge is 0.383 e. The second kappa shape index (κ2) is 13.1. The van der Waals surface area contributed by atoms with Crippen molar-refractivity contribution in [3.63, 3.8) is 0 Å². The smallest absolute Gasteiger partial charge is 0.277 e. The lowest BCUT2D eigenvalue weighted by molar-refractivity contribution is 0.0908. The number of nitrogen functional groups attached to an aromatic ring is 1. The van der Waals surface area contributed by atoms with Crippen LogP contribution in [0.5, 0.6) is 0 Å². The fraction of sp³-hybridized carbons (Fsp3) is 0.158. The third-order valence-electron chi connectivity index (χ3n) is 9.04. The van der Waals surface area contributed by atoms with Crippen LogP contribution in [0.3, 0.4) is 0 Å². The molecular weight excluding hydrogens is 647 g/mol. The van der Waals surface area contributed by atoms with E-state index in [-0.39, 0.29) is 17.0 Å². The summed E-state index contributed by atoms with van der Waals surface area (Å²) in [5, 5.41) is 3.42. The normalized spacial score (nSPS) is 13.9. The standard InChI is InChI=1S/C38H33N9O2S/c39-33-28(7-4-18-41-33)35-44-30-14-13-29(24-5-2-1-3-6-24)43-36(30)47(35)27-11-8-23(9-12-27)22-46-19-16-26(17-20-46)42-37(49)25-10-15-32-31(21-25)45-38(50-32)34(40)48/h1-15,18,21,26H,16-17,19-20,22H2,(H2,39,41)(H2,40,48)(H,42,49). The van der Waals surface area contributed by atoms with E-state index in [1.54, 1.807) is 18.3 Å². The molecule has 1 fully saturated rings. The van der Waals surface area contributed by atoms with Crippen molar-refractivity contribution >= 4 is 50.3 Å². The van der Waals surface area contributed by atoms with Crippen LogP contribution in [-0.2, 0) is 6.54 Å². The summed E-state index contributed by atoms with van der Waals surface area (Å²) in [5.41, 5.74) is 19.1. The lowest BCUT2D eigenvalue weighted by atomic mass is 10.0. The fourth-order valence-electron chi connectivity index (χ4n) is 6.45. The van der Waals surface area contributed by atoms with Crippen molar-refractivity contribution in [2.24, 2.45) is 5.73 Å². The highest BCUT2D eigenvalue weighted by Gasteiger charge is 2.23. The molecule has 0 saturated carbocycles. The van der Waals surface area contributed by atoms with Crippen LogP contribution < -0.4 is 16.8 Å². The van der Waals surface area contributed by atoms with Gasteiger partial charge in [-0.05, 0) is 73.0 Å². The van der Waals surface area contributed by atoms with Crippen molar-refractivity contribution in [2.75, 3.05) is 18.8 Å². The van der Waals surface area contributed by atoms with Crippen molar-refractivity contribution < 1.29 is 9.59 Å². The van der Waals surface area contributed by atoms with Crippen molar-refractivity contribution in [2.45, 2.75) is 25.4 Å². The molecule has 0 aliphatic carbocycles. The van der Waals surface area contributed by atoms with E-state index in [4.69, 9.17) is 21.4 Å². The number of pyridine rings is 2. The SMILES string of the molecule is NC(=O)c1nc2cc(C(=O)NC3CCN(Cc4ccc(-n5c(-c6cccnc6N)nc6ccc(-c7ccccc7)nc65)cc4)CC3)ccc2s1. The van der Waals surface area contributed by atoms with Gasteiger partial charge in [-0.15, -0.1) is 11.3 Å². The number of primary amides is 1. The summed E-state index contributed by atoms with van der Waals surface area (Å²) in [6.07, 6.45) is 3.37. The van der Waals surface area contributed by atoms with Gasteiger partial charge in [0.2, 0.25) is 0 Å². The van der Waals surface area contributed by atoms with Gasteiger partial charge in [0.15, 0.2) is 16.5 Å². The van der Waals surface area contributed by atoms with E-state index < -0.39 is 5.91 Å². The average molecular weight is 680 g/mol. The number of nitrogens with zero attached hydrogens (tertiary/aromatic N) is 6. The van der Waals surface area contributed by atoms with E-state index >= 15 is 0 Å². The maximum atomic E-state index is 13.0. The summed E-state index contributed by atoms with van der Waals surface area (Å²) in [4.78, 5) is 45.6. The number of hydrogen-bond donors (Lipinski definition) is 3. The Kier molecular flexibility index (Phi) is 8.23. The van der Waals surface area contributed by atoms with Gasteiger partial charge in [-0.2, -0.15) is 0 Å². The summed E-state index contributed by atoms with van der Waals surface area (Å²) < 4.78 is 2.87. The number of rotatable bonds is 8. The lowest BCUT2D eigenvalue weighted by Crippen LogP contribution is -2.44. The number of fused-ring (bicyclic) bond motifs is 2. The Hall–Kier alpha value is -5.98. The molecule has 0 unspecified atom stereocenters. The number of amides is 2. The summed E-state index contributed by atoms with van der Waals surface area (Å²) >= 11 is 1.23. The van der Waals surface area contributed by atoms with Crippen molar-refractivity contribution in [1.29, 1.82) is 0 Å². The number of aromatic nitrogens is 5. The zero-order valence-electron chi connectivity index (χ0n) is 27.0. The summed E-state index contributed by atoms with van der Waals surface area (Å²) in [6, 6.07) is 31.7. The molecule has 12 heteroatoms. The van der Waals surface area contributed by atoms with Crippen LogP contribution in [0.1, 0.15) is 38.6 Å². The molecule has 3 aromatic carbocycles. The van der Waals surface area contributed by atoms with E-state index in [2.05, 4.69) is 49.0 Å². The third kappa shape index (κ3) is 6.17. The van der Waals surface area contributed by atoms with Crippen LogP contribution in [-0.4, -0.2) is 60.3 Å². The molecule has 2 amide bonds. The lowest BCUT2D eigenvalue weighted by Gasteiger charge is -2.32. The molecule has 7 aromatic rings. The second-order valence-corrected chi connectivity index (χ2v) is 13.4. The molecule has 0 atom stereocenters. The maximum absolute atomic E-state index is 13.0. The van der Waals surface area contributed by atoms with Crippen molar-refractivity contribution in [1.82, 2.24) is 34.7 Å². The molecule has 50 heavy (non-hydrogen) atoms. The highest BCUT2D eigenvalue weighted by Crippen LogP contribution is 2.32. The zero-order chi connectivity index (χ0) is 34.2. The number of likely N-dealkylation sites (tertiary alicyclic amines) is 1. The summed E-state index contributed by atoms with van der Waals surface area (Å²) in [5.74, 6) is 0.381. The van der Waals surface area contributed by atoms with Crippen LogP contribution in [0.2, 0.25) is 0 Å². The van der Waals surface area contributed by atoms with Gasteiger partial charge in [0, 0.05) is 48.7 Å².